The Kier molecular flexibility index (Phi) is 3.56. The molecule has 1 aromatic carbocycles. The molecule has 4 nitrogen and oxygen atoms in total. The van der Waals surface area contributed by atoms with Crippen molar-refractivity contribution in [2.45, 2.75) is 38.3 Å². The minimum atomic E-state index is 0.319. The van der Waals surface area contributed by atoms with Crippen LogP contribution in [0.15, 0.2) is 18.2 Å². The van der Waals surface area contributed by atoms with E-state index in [0.29, 0.717) is 19.3 Å². The maximum atomic E-state index is 8.92. The van der Waals surface area contributed by atoms with Crippen LogP contribution >= 0.6 is 0 Å². The number of fused-ring (bicyclic) bond motifs is 1. The molecule has 2 aliphatic heterocycles. The van der Waals surface area contributed by atoms with Gasteiger partial charge >= 0.3 is 0 Å². The first-order chi connectivity index (χ1) is 9.36. The summed E-state index contributed by atoms with van der Waals surface area (Å²) in [6.07, 6.45) is 4.24. The second-order valence-electron chi connectivity index (χ2n) is 5.17. The lowest BCUT2D eigenvalue weighted by molar-refractivity contribution is 0.142. The summed E-state index contributed by atoms with van der Waals surface area (Å²) < 4.78 is 10.7. The van der Waals surface area contributed by atoms with Gasteiger partial charge in [0, 0.05) is 12.6 Å². The molecule has 2 heterocycles. The molecule has 19 heavy (non-hydrogen) atoms. The lowest BCUT2D eigenvalue weighted by Crippen LogP contribution is -2.38. The smallest absolute Gasteiger partial charge is 0.231 e. The number of hydrogen-bond acceptors (Lipinski definition) is 4. The lowest BCUT2D eigenvalue weighted by Gasteiger charge is -2.34. The summed E-state index contributed by atoms with van der Waals surface area (Å²) in [6, 6.07) is 8.83. The van der Waals surface area contributed by atoms with Crippen LogP contribution in [0.25, 0.3) is 0 Å². The molecule has 1 fully saturated rings. The van der Waals surface area contributed by atoms with Gasteiger partial charge in [-0.15, -0.1) is 0 Å². The number of likely N-dealkylation sites (tertiary alicyclic amines) is 1. The molecule has 3 rings (SSSR count). The maximum Gasteiger partial charge on any atom is 0.231 e. The molecule has 0 bridgehead atoms. The third-order valence-corrected chi connectivity index (χ3v) is 3.90. The fraction of sp³-hybridized carbons (Fsp3) is 0.533. The summed E-state index contributed by atoms with van der Waals surface area (Å²) in [5.74, 6) is 1.67. The molecule has 1 atom stereocenters. The molecule has 100 valence electrons. The van der Waals surface area contributed by atoms with Gasteiger partial charge in [0.25, 0.3) is 0 Å². The van der Waals surface area contributed by atoms with E-state index in [2.05, 4.69) is 23.1 Å². The summed E-state index contributed by atoms with van der Waals surface area (Å²) in [4.78, 5) is 2.42. The molecule has 0 saturated carbocycles. The van der Waals surface area contributed by atoms with E-state index in [1.165, 1.54) is 18.4 Å². The van der Waals surface area contributed by atoms with Crippen molar-refractivity contribution < 1.29 is 9.47 Å². The highest BCUT2D eigenvalue weighted by molar-refractivity contribution is 5.44. The Morgan fingerprint density at radius 2 is 2.16 bits per heavy atom. The van der Waals surface area contributed by atoms with Crippen LogP contribution in [-0.2, 0) is 6.54 Å². The first-order valence-electron chi connectivity index (χ1n) is 6.86. The van der Waals surface area contributed by atoms with Crippen LogP contribution in [0.4, 0.5) is 0 Å². The van der Waals surface area contributed by atoms with Gasteiger partial charge in [0.2, 0.25) is 6.79 Å². The van der Waals surface area contributed by atoms with E-state index in [1.54, 1.807) is 0 Å². The predicted octanol–water partition coefficient (Wildman–Crippen LogP) is 2.68. The molecule has 2 aliphatic rings. The lowest BCUT2D eigenvalue weighted by atomic mass is 9.99. The SMILES string of the molecule is N#CCC1CCCCN1Cc1ccc2c(c1)OCO2. The highest BCUT2D eigenvalue weighted by atomic mass is 16.7. The summed E-state index contributed by atoms with van der Waals surface area (Å²) >= 11 is 0. The molecule has 1 saturated heterocycles. The molecule has 0 N–H and O–H groups in total. The van der Waals surface area contributed by atoms with Gasteiger partial charge in [0.05, 0.1) is 12.5 Å². The number of ether oxygens (including phenoxy) is 2. The third kappa shape index (κ3) is 2.66. The minimum absolute atomic E-state index is 0.319. The molecule has 0 aliphatic carbocycles. The Balaban J connectivity index is 1.71. The fourth-order valence-electron chi connectivity index (χ4n) is 2.88. The van der Waals surface area contributed by atoms with Crippen LogP contribution in [0.5, 0.6) is 11.5 Å². The van der Waals surface area contributed by atoms with Crippen molar-refractivity contribution in [3.8, 4) is 17.6 Å². The molecular formula is C15H18N2O2. The highest BCUT2D eigenvalue weighted by Gasteiger charge is 2.23. The van der Waals surface area contributed by atoms with Gasteiger partial charge in [-0.2, -0.15) is 5.26 Å². The van der Waals surface area contributed by atoms with Gasteiger partial charge in [-0.25, -0.2) is 0 Å². The molecular weight excluding hydrogens is 240 g/mol. The first-order valence-corrected chi connectivity index (χ1v) is 6.86. The number of nitrogens with zero attached hydrogens (tertiary/aromatic N) is 2. The van der Waals surface area contributed by atoms with Crippen molar-refractivity contribution in [3.63, 3.8) is 0 Å². The van der Waals surface area contributed by atoms with Crippen LogP contribution < -0.4 is 9.47 Å². The quantitative estimate of drug-likeness (QED) is 0.836. The Labute approximate surface area is 113 Å². The van der Waals surface area contributed by atoms with Crippen molar-refractivity contribution in [1.29, 1.82) is 5.26 Å². The Morgan fingerprint density at radius 3 is 3.05 bits per heavy atom. The molecule has 1 aromatic rings. The number of nitriles is 1. The molecule has 0 radical (unpaired) electrons. The molecule has 1 unspecified atom stereocenters. The predicted molar refractivity (Wildman–Crippen MR) is 70.8 cm³/mol. The average molecular weight is 258 g/mol. The van der Waals surface area contributed by atoms with Gasteiger partial charge in [0.1, 0.15) is 0 Å². The van der Waals surface area contributed by atoms with E-state index >= 15 is 0 Å². The third-order valence-electron chi connectivity index (χ3n) is 3.90. The summed E-state index contributed by atoms with van der Waals surface area (Å²) in [7, 11) is 0. The van der Waals surface area contributed by atoms with Gasteiger partial charge in [0.15, 0.2) is 11.5 Å². The van der Waals surface area contributed by atoms with Crippen LogP contribution in [0.2, 0.25) is 0 Å². The van der Waals surface area contributed by atoms with Gasteiger partial charge < -0.3 is 9.47 Å². The summed E-state index contributed by atoms with van der Waals surface area (Å²) in [5.41, 5.74) is 1.23. The van der Waals surface area contributed by atoms with Gasteiger partial charge in [-0.05, 0) is 37.1 Å². The van der Waals surface area contributed by atoms with Gasteiger partial charge in [-0.3, -0.25) is 4.90 Å². The molecule has 0 amide bonds. The number of piperidine rings is 1. The van der Waals surface area contributed by atoms with Crippen LogP contribution in [0, 0.1) is 11.3 Å². The Bertz CT molecular complexity index is 495. The van der Waals surface area contributed by atoms with E-state index < -0.39 is 0 Å². The maximum absolute atomic E-state index is 8.92. The normalized spacial score (nSPS) is 22.2. The number of rotatable bonds is 3. The molecule has 0 aromatic heterocycles. The second kappa shape index (κ2) is 5.50. The Morgan fingerprint density at radius 1 is 1.26 bits per heavy atom. The second-order valence-corrected chi connectivity index (χ2v) is 5.17. The summed E-state index contributed by atoms with van der Waals surface area (Å²) in [6.45, 7) is 2.29. The van der Waals surface area contributed by atoms with Crippen molar-refractivity contribution in [1.82, 2.24) is 4.90 Å². The van der Waals surface area contributed by atoms with E-state index in [-0.39, 0.29) is 0 Å². The van der Waals surface area contributed by atoms with Gasteiger partial charge in [-0.1, -0.05) is 12.5 Å². The molecule has 4 heteroatoms. The average Bonchev–Trinajstić information content (AvgIpc) is 2.89. The number of benzene rings is 1. The zero-order valence-corrected chi connectivity index (χ0v) is 11.0. The zero-order valence-electron chi connectivity index (χ0n) is 11.0. The van der Waals surface area contributed by atoms with E-state index in [1.807, 2.05) is 6.07 Å². The van der Waals surface area contributed by atoms with Crippen LogP contribution in [0.3, 0.4) is 0 Å². The van der Waals surface area contributed by atoms with E-state index in [0.717, 1.165) is 31.0 Å². The monoisotopic (exact) mass is 258 g/mol. The fourth-order valence-corrected chi connectivity index (χ4v) is 2.88. The van der Waals surface area contributed by atoms with Crippen LogP contribution in [0.1, 0.15) is 31.2 Å². The summed E-state index contributed by atoms with van der Waals surface area (Å²) in [5, 5.41) is 8.92. The van der Waals surface area contributed by atoms with Crippen molar-refractivity contribution in [3.05, 3.63) is 23.8 Å². The van der Waals surface area contributed by atoms with E-state index in [4.69, 9.17) is 14.7 Å². The van der Waals surface area contributed by atoms with Crippen molar-refractivity contribution in [2.75, 3.05) is 13.3 Å². The Hall–Kier alpha value is -1.73. The standard InChI is InChI=1S/C15H18N2O2/c16-7-6-13-3-1-2-8-17(13)10-12-4-5-14-15(9-12)19-11-18-14/h4-5,9,13H,1-3,6,8,10-11H2. The topological polar surface area (TPSA) is 45.5 Å². The minimum Gasteiger partial charge on any atom is -0.454 e. The van der Waals surface area contributed by atoms with E-state index in [9.17, 15) is 0 Å². The van der Waals surface area contributed by atoms with Crippen molar-refractivity contribution in [2.24, 2.45) is 0 Å². The number of hydrogen-bond donors (Lipinski definition) is 0. The molecule has 0 spiro atoms. The largest absolute Gasteiger partial charge is 0.454 e. The zero-order chi connectivity index (χ0) is 13.1. The van der Waals surface area contributed by atoms with Crippen LogP contribution in [-0.4, -0.2) is 24.3 Å². The van der Waals surface area contributed by atoms with Crippen molar-refractivity contribution >= 4 is 0 Å². The first kappa shape index (κ1) is 12.3. The highest BCUT2D eigenvalue weighted by Crippen LogP contribution is 2.33.